The lowest BCUT2D eigenvalue weighted by Crippen LogP contribution is -2.35. The van der Waals surface area contributed by atoms with Crippen molar-refractivity contribution < 1.29 is 14.3 Å². The molecule has 0 aliphatic rings. The first kappa shape index (κ1) is 18.8. The molecule has 2 rings (SSSR count). The first-order valence-electron chi connectivity index (χ1n) is 7.90. The standard InChI is InChI=1S/C19H21ClN2O3/c1-22(13-18(23)21-16-8-6-15(20)7-9-16)19(24)12-5-14-3-10-17(25-2)11-4-14/h3-4,6-11H,5,12-13H2,1-2H3,(H,21,23). The fourth-order valence-electron chi connectivity index (χ4n) is 2.27. The second kappa shape index (κ2) is 9.08. The van der Waals surface area contributed by atoms with E-state index in [9.17, 15) is 9.59 Å². The van der Waals surface area contributed by atoms with Gasteiger partial charge in [0.05, 0.1) is 13.7 Å². The van der Waals surface area contributed by atoms with E-state index in [-0.39, 0.29) is 18.4 Å². The van der Waals surface area contributed by atoms with Crippen molar-refractivity contribution in [1.29, 1.82) is 0 Å². The van der Waals surface area contributed by atoms with Gasteiger partial charge in [0.15, 0.2) is 0 Å². The lowest BCUT2D eigenvalue weighted by atomic mass is 10.1. The van der Waals surface area contributed by atoms with Crippen LogP contribution in [-0.4, -0.2) is 37.4 Å². The van der Waals surface area contributed by atoms with E-state index in [2.05, 4.69) is 5.32 Å². The third-order valence-electron chi connectivity index (χ3n) is 3.72. The molecule has 2 amide bonds. The molecular formula is C19H21ClN2O3. The van der Waals surface area contributed by atoms with E-state index in [1.165, 1.54) is 4.90 Å². The number of amides is 2. The highest BCUT2D eigenvalue weighted by atomic mass is 35.5. The summed E-state index contributed by atoms with van der Waals surface area (Å²) in [7, 11) is 3.24. The van der Waals surface area contributed by atoms with Gasteiger partial charge in [-0.05, 0) is 48.4 Å². The van der Waals surface area contributed by atoms with Crippen LogP contribution in [0.1, 0.15) is 12.0 Å². The summed E-state index contributed by atoms with van der Waals surface area (Å²) in [5.74, 6) is 0.454. The van der Waals surface area contributed by atoms with Gasteiger partial charge in [-0.3, -0.25) is 9.59 Å². The molecule has 1 N–H and O–H groups in total. The van der Waals surface area contributed by atoms with Crippen LogP contribution < -0.4 is 10.1 Å². The van der Waals surface area contributed by atoms with Crippen LogP contribution in [0.15, 0.2) is 48.5 Å². The minimum atomic E-state index is -0.248. The monoisotopic (exact) mass is 360 g/mol. The summed E-state index contributed by atoms with van der Waals surface area (Å²) in [6, 6.07) is 14.4. The Morgan fingerprint density at radius 3 is 2.32 bits per heavy atom. The highest BCUT2D eigenvalue weighted by Crippen LogP contribution is 2.14. The molecule has 0 spiro atoms. The molecule has 0 atom stereocenters. The van der Waals surface area contributed by atoms with E-state index in [4.69, 9.17) is 16.3 Å². The maximum Gasteiger partial charge on any atom is 0.243 e. The Bertz CT molecular complexity index is 714. The number of anilines is 1. The van der Waals surface area contributed by atoms with Crippen molar-refractivity contribution in [2.24, 2.45) is 0 Å². The largest absolute Gasteiger partial charge is 0.497 e. The summed E-state index contributed by atoms with van der Waals surface area (Å²) in [5, 5.41) is 3.34. The number of nitrogens with one attached hydrogen (secondary N) is 1. The van der Waals surface area contributed by atoms with Gasteiger partial charge < -0.3 is 15.0 Å². The number of hydrogen-bond donors (Lipinski definition) is 1. The van der Waals surface area contributed by atoms with E-state index in [0.717, 1.165) is 11.3 Å². The molecule has 0 heterocycles. The van der Waals surface area contributed by atoms with Gasteiger partial charge in [-0.15, -0.1) is 0 Å². The van der Waals surface area contributed by atoms with Crippen molar-refractivity contribution in [2.75, 3.05) is 26.0 Å². The lowest BCUT2D eigenvalue weighted by molar-refractivity contribution is -0.133. The Kier molecular flexibility index (Phi) is 6.83. The molecule has 0 saturated carbocycles. The van der Waals surface area contributed by atoms with Crippen LogP contribution in [0.3, 0.4) is 0 Å². The first-order chi connectivity index (χ1) is 12.0. The predicted octanol–water partition coefficient (Wildman–Crippen LogP) is 3.38. The second-order valence-corrected chi connectivity index (χ2v) is 6.09. The number of rotatable bonds is 7. The van der Waals surface area contributed by atoms with Crippen LogP contribution in [0.5, 0.6) is 5.75 Å². The molecule has 5 nitrogen and oxygen atoms in total. The third kappa shape index (κ3) is 6.12. The minimum absolute atomic E-state index is 0.00404. The van der Waals surface area contributed by atoms with Crippen LogP contribution in [-0.2, 0) is 16.0 Å². The fourth-order valence-corrected chi connectivity index (χ4v) is 2.40. The maximum absolute atomic E-state index is 12.2. The molecule has 0 aliphatic heterocycles. The fraction of sp³-hybridized carbons (Fsp3) is 0.263. The van der Waals surface area contributed by atoms with Gasteiger partial charge in [-0.2, -0.15) is 0 Å². The van der Waals surface area contributed by atoms with E-state index < -0.39 is 0 Å². The Hall–Kier alpha value is -2.53. The zero-order chi connectivity index (χ0) is 18.2. The highest BCUT2D eigenvalue weighted by Gasteiger charge is 2.13. The molecule has 132 valence electrons. The quantitative estimate of drug-likeness (QED) is 0.823. The number of nitrogens with zero attached hydrogens (tertiary/aromatic N) is 1. The average molecular weight is 361 g/mol. The number of hydrogen-bond acceptors (Lipinski definition) is 3. The van der Waals surface area contributed by atoms with Gasteiger partial charge in [-0.1, -0.05) is 23.7 Å². The van der Waals surface area contributed by atoms with Crippen molar-refractivity contribution in [2.45, 2.75) is 12.8 Å². The summed E-state index contributed by atoms with van der Waals surface area (Å²) < 4.78 is 5.11. The smallest absolute Gasteiger partial charge is 0.243 e. The van der Waals surface area contributed by atoms with E-state index in [1.54, 1.807) is 38.4 Å². The number of aryl methyl sites for hydroxylation is 1. The molecule has 0 saturated heterocycles. The van der Waals surface area contributed by atoms with Crippen LogP contribution in [0.4, 0.5) is 5.69 Å². The number of benzene rings is 2. The lowest BCUT2D eigenvalue weighted by Gasteiger charge is -2.17. The molecular weight excluding hydrogens is 340 g/mol. The maximum atomic E-state index is 12.2. The summed E-state index contributed by atoms with van der Waals surface area (Å²) in [6.45, 7) is 0.00404. The normalized spacial score (nSPS) is 10.2. The van der Waals surface area contributed by atoms with Gasteiger partial charge in [-0.25, -0.2) is 0 Å². The molecule has 0 aromatic heterocycles. The minimum Gasteiger partial charge on any atom is -0.497 e. The van der Waals surface area contributed by atoms with Crippen molar-refractivity contribution in [3.8, 4) is 5.75 Å². The topological polar surface area (TPSA) is 58.6 Å². The molecule has 0 fully saturated rings. The summed E-state index contributed by atoms with van der Waals surface area (Å²) in [5.41, 5.74) is 1.70. The molecule has 6 heteroatoms. The third-order valence-corrected chi connectivity index (χ3v) is 3.97. The Morgan fingerprint density at radius 1 is 1.08 bits per heavy atom. The first-order valence-corrected chi connectivity index (χ1v) is 8.28. The molecule has 2 aromatic carbocycles. The second-order valence-electron chi connectivity index (χ2n) is 5.65. The molecule has 0 aliphatic carbocycles. The number of methoxy groups -OCH3 is 1. The SMILES string of the molecule is COc1ccc(CCC(=O)N(C)CC(=O)Nc2ccc(Cl)cc2)cc1. The average Bonchev–Trinajstić information content (AvgIpc) is 2.62. The number of ether oxygens (including phenoxy) is 1. The summed E-state index contributed by atoms with van der Waals surface area (Å²) in [4.78, 5) is 25.6. The Morgan fingerprint density at radius 2 is 1.72 bits per heavy atom. The Labute approximate surface area is 152 Å². The number of likely N-dealkylation sites (N-methyl/N-ethyl adjacent to an activating group) is 1. The van der Waals surface area contributed by atoms with Crippen LogP contribution in [0.2, 0.25) is 5.02 Å². The van der Waals surface area contributed by atoms with Gasteiger partial charge in [0.25, 0.3) is 0 Å². The van der Waals surface area contributed by atoms with Crippen molar-refractivity contribution in [3.63, 3.8) is 0 Å². The highest BCUT2D eigenvalue weighted by molar-refractivity contribution is 6.30. The summed E-state index contributed by atoms with van der Waals surface area (Å²) in [6.07, 6.45) is 0.961. The molecule has 0 radical (unpaired) electrons. The van der Waals surface area contributed by atoms with Gasteiger partial charge >= 0.3 is 0 Å². The van der Waals surface area contributed by atoms with Crippen molar-refractivity contribution >= 4 is 29.1 Å². The van der Waals surface area contributed by atoms with Gasteiger partial charge in [0.1, 0.15) is 5.75 Å². The van der Waals surface area contributed by atoms with Gasteiger partial charge in [0, 0.05) is 24.2 Å². The van der Waals surface area contributed by atoms with E-state index in [1.807, 2.05) is 24.3 Å². The number of halogens is 1. The number of carbonyl (C=O) groups is 2. The molecule has 0 bridgehead atoms. The molecule has 2 aromatic rings. The summed E-state index contributed by atoms with van der Waals surface area (Å²) >= 11 is 5.80. The van der Waals surface area contributed by atoms with Crippen LogP contribution in [0, 0.1) is 0 Å². The Balaban J connectivity index is 1.78. The molecule has 0 unspecified atom stereocenters. The van der Waals surface area contributed by atoms with E-state index in [0.29, 0.717) is 23.6 Å². The zero-order valence-electron chi connectivity index (χ0n) is 14.3. The zero-order valence-corrected chi connectivity index (χ0v) is 15.0. The van der Waals surface area contributed by atoms with Crippen molar-refractivity contribution in [3.05, 3.63) is 59.1 Å². The number of carbonyl (C=O) groups excluding carboxylic acids is 2. The van der Waals surface area contributed by atoms with Gasteiger partial charge in [0.2, 0.25) is 11.8 Å². The van der Waals surface area contributed by atoms with E-state index >= 15 is 0 Å². The molecule has 25 heavy (non-hydrogen) atoms. The van der Waals surface area contributed by atoms with Crippen LogP contribution in [0.25, 0.3) is 0 Å². The van der Waals surface area contributed by atoms with Crippen molar-refractivity contribution in [1.82, 2.24) is 4.90 Å². The van der Waals surface area contributed by atoms with Crippen LogP contribution >= 0.6 is 11.6 Å². The predicted molar refractivity (Wildman–Crippen MR) is 99.0 cm³/mol.